The first-order valence-corrected chi connectivity index (χ1v) is 4.82. The van der Waals surface area contributed by atoms with Crippen LogP contribution in [0.25, 0.3) is 0 Å². The molecule has 74 valence electrons. The van der Waals surface area contributed by atoms with Gasteiger partial charge < -0.3 is 0 Å². The summed E-state index contributed by atoms with van der Waals surface area (Å²) in [5.74, 6) is -0.792. The van der Waals surface area contributed by atoms with Crippen molar-refractivity contribution in [3.63, 3.8) is 0 Å². The zero-order valence-electron chi connectivity index (χ0n) is 7.51. The number of carbonyl (C=O) groups excluding carboxylic acids is 2. The van der Waals surface area contributed by atoms with Crippen LogP contribution in [0.3, 0.4) is 0 Å². The largest absolute Gasteiger partial charge is 0.273 e. The van der Waals surface area contributed by atoms with Crippen LogP contribution in [0.1, 0.15) is 26.7 Å². The molecule has 0 saturated carbocycles. The van der Waals surface area contributed by atoms with Crippen molar-refractivity contribution in [2.75, 3.05) is 0 Å². The lowest BCUT2D eigenvalue weighted by molar-refractivity contribution is -0.142. The summed E-state index contributed by atoms with van der Waals surface area (Å²) in [6.45, 7) is 3.39. The summed E-state index contributed by atoms with van der Waals surface area (Å²) in [5, 5.41) is -0.340. The van der Waals surface area contributed by atoms with E-state index in [2.05, 4.69) is 0 Å². The molecule has 0 radical (unpaired) electrons. The normalized spacial score (nSPS) is 28.9. The van der Waals surface area contributed by atoms with Gasteiger partial charge >= 0.3 is 0 Å². The van der Waals surface area contributed by atoms with Crippen LogP contribution in [-0.2, 0) is 9.59 Å². The van der Waals surface area contributed by atoms with E-state index in [0.717, 1.165) is 0 Å². The highest BCUT2D eigenvalue weighted by Gasteiger charge is 2.43. The highest BCUT2D eigenvalue weighted by molar-refractivity contribution is 6.32. The topological polar surface area (TPSA) is 37.4 Å². The van der Waals surface area contributed by atoms with E-state index in [1.54, 1.807) is 13.8 Å². The minimum atomic E-state index is -0.768. The van der Waals surface area contributed by atoms with Gasteiger partial charge in [0.25, 0.3) is 5.91 Å². The highest BCUT2D eigenvalue weighted by Crippen LogP contribution is 2.34. The Morgan fingerprint density at radius 2 is 2.00 bits per heavy atom. The fourth-order valence-corrected chi connectivity index (χ4v) is 1.71. The van der Waals surface area contributed by atoms with Crippen LogP contribution in [0.4, 0.5) is 0 Å². The molecule has 1 rings (SSSR count). The molecule has 1 aliphatic heterocycles. The minimum absolute atomic E-state index is 0.229. The summed E-state index contributed by atoms with van der Waals surface area (Å²) in [6.07, 6.45) is 0.717. The maximum atomic E-state index is 11.6. The van der Waals surface area contributed by atoms with Gasteiger partial charge in [0.2, 0.25) is 5.91 Å². The lowest BCUT2D eigenvalue weighted by Gasteiger charge is -2.26. The quantitative estimate of drug-likeness (QED) is 0.358. The molecule has 0 spiro atoms. The highest BCUT2D eigenvalue weighted by atomic mass is 35.5. The van der Waals surface area contributed by atoms with Crippen LogP contribution in [-0.4, -0.2) is 21.6 Å². The molecule has 1 saturated heterocycles. The number of alkyl halides is 1. The summed E-state index contributed by atoms with van der Waals surface area (Å²) >= 11 is 11.5. The number of imide groups is 1. The van der Waals surface area contributed by atoms with E-state index in [1.165, 1.54) is 0 Å². The van der Waals surface area contributed by atoms with Gasteiger partial charge in [0.05, 0.1) is 5.41 Å². The number of hydrogen-bond donors (Lipinski definition) is 0. The smallest absolute Gasteiger partial charge is 0.251 e. The van der Waals surface area contributed by atoms with Gasteiger partial charge in [-0.25, -0.2) is 0 Å². The molecule has 1 aliphatic rings. The van der Waals surface area contributed by atoms with Gasteiger partial charge in [-0.15, -0.1) is 11.6 Å². The van der Waals surface area contributed by atoms with Crippen molar-refractivity contribution in [2.24, 2.45) is 5.41 Å². The molecular weight excluding hydrogens is 213 g/mol. The van der Waals surface area contributed by atoms with Crippen molar-refractivity contribution in [3.8, 4) is 0 Å². The predicted molar refractivity (Wildman–Crippen MR) is 50.4 cm³/mol. The Labute approximate surface area is 87.1 Å². The first-order chi connectivity index (χ1) is 5.87. The number of hydrogen-bond acceptors (Lipinski definition) is 2. The average molecular weight is 224 g/mol. The standard InChI is InChI=1S/C8H11Cl2NO2/c1-8(2)5(9)3-4-6(12)11(10)7(8)13/h5H,3-4H2,1-2H3. The number of carbonyl (C=O) groups is 2. The number of amides is 2. The third-order valence-corrected chi connectivity index (χ3v) is 3.45. The van der Waals surface area contributed by atoms with Crippen molar-refractivity contribution >= 4 is 35.2 Å². The third kappa shape index (κ3) is 1.81. The van der Waals surface area contributed by atoms with Crippen LogP contribution in [0.15, 0.2) is 0 Å². The van der Waals surface area contributed by atoms with Crippen molar-refractivity contribution in [1.82, 2.24) is 4.42 Å². The third-order valence-electron chi connectivity index (χ3n) is 2.34. The summed E-state index contributed by atoms with van der Waals surface area (Å²) in [5.41, 5.74) is -0.768. The van der Waals surface area contributed by atoms with E-state index in [4.69, 9.17) is 23.4 Å². The molecule has 2 amide bonds. The molecule has 1 heterocycles. The molecule has 0 N–H and O–H groups in total. The van der Waals surface area contributed by atoms with Crippen molar-refractivity contribution in [1.29, 1.82) is 0 Å². The van der Waals surface area contributed by atoms with Crippen LogP contribution < -0.4 is 0 Å². The van der Waals surface area contributed by atoms with Gasteiger partial charge in [-0.2, -0.15) is 4.42 Å². The fraction of sp³-hybridized carbons (Fsp3) is 0.750. The summed E-state index contributed by atoms with van der Waals surface area (Å²) in [4.78, 5) is 22.7. The number of halogens is 2. The van der Waals surface area contributed by atoms with Gasteiger partial charge in [0.15, 0.2) is 0 Å². The second kappa shape index (κ2) is 3.46. The van der Waals surface area contributed by atoms with E-state index in [1.807, 2.05) is 0 Å². The maximum Gasteiger partial charge on any atom is 0.251 e. The van der Waals surface area contributed by atoms with Gasteiger partial charge in [-0.05, 0) is 20.3 Å². The van der Waals surface area contributed by atoms with E-state index >= 15 is 0 Å². The summed E-state index contributed by atoms with van der Waals surface area (Å²) in [7, 11) is 0. The van der Waals surface area contributed by atoms with E-state index in [-0.39, 0.29) is 17.7 Å². The zero-order chi connectivity index (χ0) is 10.2. The van der Waals surface area contributed by atoms with Crippen LogP contribution in [0.5, 0.6) is 0 Å². The monoisotopic (exact) mass is 223 g/mol. The van der Waals surface area contributed by atoms with Gasteiger partial charge in [-0.3, -0.25) is 9.59 Å². The number of nitrogens with zero attached hydrogens (tertiary/aromatic N) is 1. The molecule has 1 atom stereocenters. The Kier molecular flexibility index (Phi) is 2.88. The molecule has 3 nitrogen and oxygen atoms in total. The van der Waals surface area contributed by atoms with E-state index < -0.39 is 11.3 Å². The number of rotatable bonds is 0. The second-order valence-electron chi connectivity index (χ2n) is 3.71. The van der Waals surface area contributed by atoms with Crippen molar-refractivity contribution < 1.29 is 9.59 Å². The van der Waals surface area contributed by atoms with Gasteiger partial charge in [0, 0.05) is 23.6 Å². The fourth-order valence-electron chi connectivity index (χ4n) is 1.21. The predicted octanol–water partition coefficient (Wildman–Crippen LogP) is 1.92. The zero-order valence-corrected chi connectivity index (χ0v) is 9.02. The Hall–Kier alpha value is -0.280. The SMILES string of the molecule is CC1(C)C(=O)N(Cl)C(=O)CCC1Cl. The lowest BCUT2D eigenvalue weighted by atomic mass is 9.87. The first kappa shape index (κ1) is 10.8. The Morgan fingerprint density at radius 1 is 1.46 bits per heavy atom. The molecule has 5 heteroatoms. The van der Waals surface area contributed by atoms with E-state index in [9.17, 15) is 9.59 Å². The van der Waals surface area contributed by atoms with Crippen molar-refractivity contribution in [3.05, 3.63) is 0 Å². The first-order valence-electron chi connectivity index (χ1n) is 4.04. The molecule has 1 unspecified atom stereocenters. The molecule has 1 fully saturated rings. The minimum Gasteiger partial charge on any atom is -0.273 e. The average Bonchev–Trinajstić information content (AvgIpc) is 2.13. The molecule has 0 aliphatic carbocycles. The molecule has 13 heavy (non-hydrogen) atoms. The van der Waals surface area contributed by atoms with Crippen molar-refractivity contribution in [2.45, 2.75) is 32.1 Å². The molecule has 0 bridgehead atoms. The molecular formula is C8H11Cl2NO2. The molecule has 0 aromatic heterocycles. The van der Waals surface area contributed by atoms with Crippen LogP contribution in [0.2, 0.25) is 0 Å². The summed E-state index contributed by atoms with van der Waals surface area (Å²) < 4.78 is 0.655. The van der Waals surface area contributed by atoms with Gasteiger partial charge in [0.1, 0.15) is 0 Å². The van der Waals surface area contributed by atoms with E-state index in [0.29, 0.717) is 10.8 Å². The maximum absolute atomic E-state index is 11.6. The lowest BCUT2D eigenvalue weighted by Crippen LogP contribution is -2.40. The second-order valence-corrected chi connectivity index (χ2v) is 4.57. The van der Waals surface area contributed by atoms with Crippen LogP contribution in [0, 0.1) is 5.41 Å². The van der Waals surface area contributed by atoms with Crippen LogP contribution >= 0.6 is 23.4 Å². The summed E-state index contributed by atoms with van der Waals surface area (Å²) in [6, 6.07) is 0. The van der Waals surface area contributed by atoms with Gasteiger partial charge in [-0.1, -0.05) is 0 Å². The Bertz CT molecular complexity index is 253. The molecule has 0 aromatic carbocycles. The molecule has 0 aromatic rings. The Morgan fingerprint density at radius 3 is 2.54 bits per heavy atom. The Balaban J connectivity index is 2.99.